The number of amides is 1. The van der Waals surface area contributed by atoms with Crippen molar-refractivity contribution < 1.29 is 41.2 Å². The van der Waals surface area contributed by atoms with Gasteiger partial charge in [-0.1, -0.05) is 18.2 Å². The van der Waals surface area contributed by atoms with E-state index in [1.54, 1.807) is 37.7 Å². The van der Waals surface area contributed by atoms with E-state index in [1.807, 2.05) is 0 Å². The van der Waals surface area contributed by atoms with Crippen molar-refractivity contribution in [3.8, 4) is 16.9 Å². The van der Waals surface area contributed by atoms with E-state index in [0.717, 1.165) is 12.1 Å². The highest BCUT2D eigenvalue weighted by atomic mass is 32.2. The predicted octanol–water partition coefficient (Wildman–Crippen LogP) is 3.99. The van der Waals surface area contributed by atoms with Crippen LogP contribution >= 0.6 is 0 Å². The van der Waals surface area contributed by atoms with Crippen LogP contribution in [0.1, 0.15) is 18.4 Å². The molecule has 0 saturated carbocycles. The fourth-order valence-electron chi connectivity index (χ4n) is 4.16. The highest BCUT2D eigenvalue weighted by molar-refractivity contribution is 7.87. The Balaban J connectivity index is 1.80. The minimum atomic E-state index is -4.60. The third-order valence-electron chi connectivity index (χ3n) is 6.23. The van der Waals surface area contributed by atoms with E-state index >= 15 is 0 Å². The third kappa shape index (κ3) is 6.05. The van der Waals surface area contributed by atoms with E-state index in [4.69, 9.17) is 4.74 Å². The monoisotopic (exact) mass is 532 g/mol. The zero-order valence-corrected chi connectivity index (χ0v) is 20.6. The van der Waals surface area contributed by atoms with Crippen LogP contribution in [0.5, 0.6) is 5.75 Å². The molecule has 198 valence electrons. The number of nitrogens with one attached hydrogen (secondary N) is 1. The summed E-state index contributed by atoms with van der Waals surface area (Å²) in [4.78, 5) is 15.2. The largest absolute Gasteiger partial charge is 0.461 e. The molecule has 2 aromatic rings. The third-order valence-corrected chi connectivity index (χ3v) is 8.22. The van der Waals surface area contributed by atoms with E-state index in [9.17, 15) is 31.8 Å². The molecule has 0 bridgehead atoms. The number of aryl methyl sites for hydroxylation is 1. The van der Waals surface area contributed by atoms with Gasteiger partial charge in [-0.25, -0.2) is 5.48 Å². The molecular formula is C24H28F4N2O5S. The number of hydroxylamine groups is 1. The van der Waals surface area contributed by atoms with Crippen LogP contribution in [0, 0.1) is 6.92 Å². The number of alkyl halides is 4. The molecule has 0 spiro atoms. The van der Waals surface area contributed by atoms with Crippen LogP contribution in [0.2, 0.25) is 0 Å². The number of carbonyl (C=O) groups is 1. The lowest BCUT2D eigenvalue weighted by Gasteiger charge is -2.39. The Hall–Kier alpha value is -2.54. The van der Waals surface area contributed by atoms with Crippen molar-refractivity contribution >= 4 is 16.7 Å². The van der Waals surface area contributed by atoms with Gasteiger partial charge in [-0.15, -0.1) is 0 Å². The van der Waals surface area contributed by atoms with E-state index in [0.29, 0.717) is 47.8 Å². The zero-order valence-electron chi connectivity index (χ0n) is 19.8. The fraction of sp³-hybridized carbons (Fsp3) is 0.458. The van der Waals surface area contributed by atoms with Gasteiger partial charge in [0.25, 0.3) is 5.91 Å². The Morgan fingerprint density at radius 2 is 1.83 bits per heavy atom. The maximum Gasteiger partial charge on any atom is 0.461 e. The lowest BCUT2D eigenvalue weighted by Crippen LogP contribution is -2.56. The number of hydrogen-bond acceptors (Lipinski definition) is 6. The molecule has 2 N–H and O–H groups in total. The molecule has 0 aromatic heterocycles. The minimum absolute atomic E-state index is 0.279. The number of hydrogen-bond donors (Lipinski definition) is 2. The molecule has 1 atom stereocenters. The van der Waals surface area contributed by atoms with Gasteiger partial charge in [0.05, 0.1) is 17.4 Å². The highest BCUT2D eigenvalue weighted by Gasteiger charge is 2.47. The Morgan fingerprint density at radius 1 is 1.19 bits per heavy atom. The summed E-state index contributed by atoms with van der Waals surface area (Å²) in [5.41, 5.74) is 3.67. The fourth-order valence-corrected chi connectivity index (χ4v) is 5.86. The number of ether oxygens (including phenoxy) is 2. The highest BCUT2D eigenvalue weighted by Crippen LogP contribution is 2.35. The Kier molecular flexibility index (Phi) is 9.09. The molecule has 1 heterocycles. The lowest BCUT2D eigenvalue weighted by atomic mass is 9.95. The van der Waals surface area contributed by atoms with Crippen LogP contribution < -0.4 is 10.2 Å². The van der Waals surface area contributed by atoms with Crippen LogP contribution in [0.15, 0.2) is 47.4 Å². The van der Waals surface area contributed by atoms with Gasteiger partial charge in [-0.3, -0.25) is 14.2 Å². The van der Waals surface area contributed by atoms with Gasteiger partial charge in [0.2, 0.25) is 0 Å². The van der Waals surface area contributed by atoms with Crippen molar-refractivity contribution in [3.05, 3.63) is 48.0 Å². The quantitative estimate of drug-likeness (QED) is 0.273. The van der Waals surface area contributed by atoms with Crippen LogP contribution in [0.3, 0.4) is 0 Å². The Morgan fingerprint density at radius 3 is 2.36 bits per heavy atom. The average molecular weight is 533 g/mol. The Bertz CT molecular complexity index is 1080. The summed E-state index contributed by atoms with van der Waals surface area (Å²) in [6, 6.07) is 10.2. The van der Waals surface area contributed by atoms with Gasteiger partial charge in [0, 0.05) is 31.6 Å². The summed E-state index contributed by atoms with van der Waals surface area (Å²) in [7, 11) is -0.178. The van der Waals surface area contributed by atoms with E-state index < -0.39 is 39.7 Å². The molecule has 0 aliphatic carbocycles. The normalized spacial score (nSPS) is 17.1. The first kappa shape index (κ1) is 28.0. The van der Waals surface area contributed by atoms with Crippen molar-refractivity contribution in [2.45, 2.75) is 41.9 Å². The standard InChI is InChI=1S/C24H28F4N2O5S/c1-16-15-19(36(33)23(22(31)29-32)9-11-30(12-10-23)13-14-34-2)7-8-20(16)17-3-5-18(6-4-17)35-24(27,28)21(25)26/h3-8,15,21,32H,9-14H2,1-2H3,(H,29,31). The van der Waals surface area contributed by atoms with Gasteiger partial charge in [-0.2, -0.15) is 17.6 Å². The first-order chi connectivity index (χ1) is 17.0. The molecule has 36 heavy (non-hydrogen) atoms. The van der Waals surface area contributed by atoms with Crippen LogP contribution in [-0.4, -0.2) is 70.9 Å². The van der Waals surface area contributed by atoms with Crippen LogP contribution in [0.25, 0.3) is 11.1 Å². The molecule has 1 amide bonds. The summed E-state index contributed by atoms with van der Waals surface area (Å²) in [6.45, 7) is 4.00. The van der Waals surface area contributed by atoms with Gasteiger partial charge in [-0.05, 0) is 60.7 Å². The van der Waals surface area contributed by atoms with Crippen molar-refractivity contribution in [1.29, 1.82) is 0 Å². The number of halogens is 4. The van der Waals surface area contributed by atoms with Crippen LogP contribution in [0.4, 0.5) is 17.6 Å². The summed E-state index contributed by atoms with van der Waals surface area (Å²) in [5.74, 6) is -1.11. The summed E-state index contributed by atoms with van der Waals surface area (Å²) in [6.07, 6.45) is -8.00. The first-order valence-corrected chi connectivity index (χ1v) is 12.3. The number of rotatable bonds is 10. The molecule has 1 fully saturated rings. The van der Waals surface area contributed by atoms with Crippen molar-refractivity contribution in [2.75, 3.05) is 33.4 Å². The number of nitrogens with zero attached hydrogens (tertiary/aromatic N) is 1. The van der Waals surface area contributed by atoms with Gasteiger partial charge >= 0.3 is 12.5 Å². The molecular weight excluding hydrogens is 504 g/mol. The number of piperidine rings is 1. The zero-order chi connectivity index (χ0) is 26.5. The van der Waals surface area contributed by atoms with Crippen LogP contribution in [-0.2, 0) is 20.3 Å². The molecule has 7 nitrogen and oxygen atoms in total. The molecule has 3 rings (SSSR count). The number of benzene rings is 2. The first-order valence-electron chi connectivity index (χ1n) is 11.2. The van der Waals surface area contributed by atoms with Crippen molar-refractivity contribution in [2.24, 2.45) is 0 Å². The SMILES string of the molecule is COCCN1CCC(C(=O)NO)(S(=O)c2ccc(-c3ccc(OC(F)(F)C(F)F)cc3)c(C)c2)CC1. The maximum atomic E-state index is 13.6. The Labute approximate surface area is 208 Å². The smallest absolute Gasteiger partial charge is 0.428 e. The number of methoxy groups -OCH3 is 1. The van der Waals surface area contributed by atoms with Crippen molar-refractivity contribution in [1.82, 2.24) is 10.4 Å². The number of carbonyl (C=O) groups excluding carboxylic acids is 1. The van der Waals surface area contributed by atoms with Gasteiger partial charge in [0.15, 0.2) is 0 Å². The predicted molar refractivity (Wildman–Crippen MR) is 125 cm³/mol. The minimum Gasteiger partial charge on any atom is -0.428 e. The summed E-state index contributed by atoms with van der Waals surface area (Å²) < 4.78 is 72.5. The second kappa shape index (κ2) is 11.7. The molecule has 2 aromatic carbocycles. The molecule has 0 radical (unpaired) electrons. The molecule has 1 unspecified atom stereocenters. The molecule has 1 saturated heterocycles. The van der Waals surface area contributed by atoms with Gasteiger partial charge in [0.1, 0.15) is 10.5 Å². The molecule has 1 aliphatic rings. The maximum absolute atomic E-state index is 13.6. The van der Waals surface area contributed by atoms with Gasteiger partial charge < -0.3 is 14.4 Å². The average Bonchev–Trinajstić information content (AvgIpc) is 2.87. The van der Waals surface area contributed by atoms with Crippen molar-refractivity contribution in [3.63, 3.8) is 0 Å². The summed E-state index contributed by atoms with van der Waals surface area (Å²) >= 11 is 0. The van der Waals surface area contributed by atoms with E-state index in [1.165, 1.54) is 12.1 Å². The lowest BCUT2D eigenvalue weighted by molar-refractivity contribution is -0.253. The number of likely N-dealkylation sites (tertiary alicyclic amines) is 1. The molecule has 1 aliphatic heterocycles. The van der Waals surface area contributed by atoms with E-state index in [-0.39, 0.29) is 12.8 Å². The second-order valence-electron chi connectivity index (χ2n) is 8.50. The molecule has 12 heteroatoms. The second-order valence-corrected chi connectivity index (χ2v) is 10.3. The topological polar surface area (TPSA) is 88.1 Å². The summed E-state index contributed by atoms with van der Waals surface area (Å²) in [5, 5.41) is 9.36. The van der Waals surface area contributed by atoms with E-state index in [2.05, 4.69) is 9.64 Å².